The molecular formula is C12H15N3OS. The maximum absolute atomic E-state index is 11.7. The molecule has 0 aliphatic heterocycles. The van der Waals surface area contributed by atoms with E-state index in [4.69, 9.17) is 0 Å². The molecule has 0 aliphatic rings. The number of para-hydroxylation sites is 2. The van der Waals surface area contributed by atoms with E-state index in [0.29, 0.717) is 5.82 Å². The molecule has 4 nitrogen and oxygen atoms in total. The number of nitrogens with zero attached hydrogens (tertiary/aromatic N) is 2. The van der Waals surface area contributed by atoms with E-state index in [9.17, 15) is 4.21 Å². The lowest BCUT2D eigenvalue weighted by Gasteiger charge is -2.12. The molecule has 5 heteroatoms. The highest BCUT2D eigenvalue weighted by Crippen LogP contribution is 2.13. The van der Waals surface area contributed by atoms with Crippen LogP contribution in [-0.4, -0.2) is 25.1 Å². The minimum absolute atomic E-state index is 0.345. The van der Waals surface area contributed by atoms with Crippen molar-refractivity contribution in [3.63, 3.8) is 0 Å². The highest BCUT2D eigenvalue weighted by molar-refractivity contribution is 7.85. The van der Waals surface area contributed by atoms with Gasteiger partial charge in [0.15, 0.2) is 0 Å². The number of benzene rings is 1. The Labute approximate surface area is 103 Å². The van der Waals surface area contributed by atoms with Crippen molar-refractivity contribution in [1.29, 1.82) is 0 Å². The van der Waals surface area contributed by atoms with E-state index in [1.807, 2.05) is 45.0 Å². The van der Waals surface area contributed by atoms with Gasteiger partial charge in [0.1, 0.15) is 16.8 Å². The van der Waals surface area contributed by atoms with Crippen LogP contribution in [0.1, 0.15) is 26.6 Å². The predicted octanol–water partition coefficient (Wildman–Crippen LogP) is 2.44. The molecule has 0 saturated heterocycles. The fourth-order valence-corrected chi connectivity index (χ4v) is 1.80. The van der Waals surface area contributed by atoms with Crippen LogP contribution in [0.25, 0.3) is 11.0 Å². The van der Waals surface area contributed by atoms with Crippen LogP contribution < -0.4 is 0 Å². The first-order valence-electron chi connectivity index (χ1n) is 5.37. The lowest BCUT2D eigenvalue weighted by Crippen LogP contribution is -2.19. The molecule has 1 aromatic heterocycles. The average molecular weight is 249 g/mol. The minimum Gasteiger partial charge on any atom is -0.337 e. The van der Waals surface area contributed by atoms with E-state index in [1.54, 1.807) is 0 Å². The van der Waals surface area contributed by atoms with E-state index < -0.39 is 11.0 Å². The summed E-state index contributed by atoms with van der Waals surface area (Å²) in [6.45, 7) is 5.66. The van der Waals surface area contributed by atoms with Gasteiger partial charge in [-0.2, -0.15) is 4.40 Å². The number of fused-ring (bicyclic) bond motifs is 1. The Morgan fingerprint density at radius 2 is 2.06 bits per heavy atom. The fraction of sp³-hybridized carbons (Fsp3) is 0.333. The molecule has 1 atom stereocenters. The molecule has 0 amide bonds. The van der Waals surface area contributed by atoms with Gasteiger partial charge in [0, 0.05) is 0 Å². The van der Waals surface area contributed by atoms with Crippen LogP contribution in [0.2, 0.25) is 0 Å². The fourth-order valence-electron chi connectivity index (χ4n) is 1.29. The first-order valence-corrected chi connectivity index (χ1v) is 6.48. The number of aromatic nitrogens is 2. The maximum atomic E-state index is 11.7. The molecule has 2 aromatic rings. The van der Waals surface area contributed by atoms with Gasteiger partial charge < -0.3 is 4.98 Å². The molecule has 0 spiro atoms. The summed E-state index contributed by atoms with van der Waals surface area (Å²) in [5, 5.41) is 0. The number of hydrogen-bond donors (Lipinski definition) is 1. The van der Waals surface area contributed by atoms with Gasteiger partial charge in [0.2, 0.25) is 0 Å². The van der Waals surface area contributed by atoms with Crippen LogP contribution in [0.4, 0.5) is 0 Å². The van der Waals surface area contributed by atoms with Gasteiger partial charge >= 0.3 is 0 Å². The summed E-state index contributed by atoms with van der Waals surface area (Å²) in [6.07, 6.45) is 1.53. The molecule has 1 heterocycles. The summed E-state index contributed by atoms with van der Waals surface area (Å²) in [6, 6.07) is 7.73. The van der Waals surface area contributed by atoms with Crippen molar-refractivity contribution in [2.45, 2.75) is 25.5 Å². The highest BCUT2D eigenvalue weighted by atomic mass is 32.2. The smallest absolute Gasteiger partial charge is 0.150 e. The van der Waals surface area contributed by atoms with Crippen LogP contribution >= 0.6 is 0 Å². The molecule has 0 fully saturated rings. The molecule has 17 heavy (non-hydrogen) atoms. The van der Waals surface area contributed by atoms with Crippen LogP contribution in [0, 0.1) is 0 Å². The van der Waals surface area contributed by atoms with Gasteiger partial charge in [-0.25, -0.2) is 9.19 Å². The van der Waals surface area contributed by atoms with Gasteiger partial charge in [-0.05, 0) is 32.9 Å². The van der Waals surface area contributed by atoms with Gasteiger partial charge in [0.05, 0.1) is 22.0 Å². The number of H-pyrrole nitrogens is 1. The predicted molar refractivity (Wildman–Crippen MR) is 71.6 cm³/mol. The molecule has 1 N–H and O–H groups in total. The van der Waals surface area contributed by atoms with Crippen molar-refractivity contribution < 1.29 is 4.21 Å². The van der Waals surface area contributed by atoms with E-state index in [-0.39, 0.29) is 4.75 Å². The Morgan fingerprint density at radius 1 is 1.35 bits per heavy atom. The first kappa shape index (κ1) is 12.0. The van der Waals surface area contributed by atoms with Crippen molar-refractivity contribution in [2.24, 2.45) is 4.40 Å². The van der Waals surface area contributed by atoms with Gasteiger partial charge in [-0.15, -0.1) is 0 Å². The second-order valence-electron chi connectivity index (χ2n) is 4.74. The summed E-state index contributed by atoms with van der Waals surface area (Å²) < 4.78 is 15.4. The number of hydrogen-bond acceptors (Lipinski definition) is 2. The summed E-state index contributed by atoms with van der Waals surface area (Å²) in [5.74, 6) is 0.629. The van der Waals surface area contributed by atoms with Crippen LogP contribution in [0.5, 0.6) is 0 Å². The van der Waals surface area contributed by atoms with Gasteiger partial charge in [-0.3, -0.25) is 0 Å². The molecule has 1 aromatic carbocycles. The Hall–Kier alpha value is -1.49. The number of aromatic amines is 1. The average Bonchev–Trinajstić information content (AvgIpc) is 2.66. The number of rotatable bonds is 2. The van der Waals surface area contributed by atoms with Crippen LogP contribution in [0.15, 0.2) is 28.7 Å². The maximum Gasteiger partial charge on any atom is 0.150 e. The normalized spacial score (nSPS) is 14.5. The molecule has 0 bridgehead atoms. The van der Waals surface area contributed by atoms with Gasteiger partial charge in [-0.1, -0.05) is 12.1 Å². The van der Waals surface area contributed by atoms with E-state index in [2.05, 4.69) is 14.4 Å². The van der Waals surface area contributed by atoms with Crippen molar-refractivity contribution in [3.8, 4) is 0 Å². The molecule has 90 valence electrons. The summed E-state index contributed by atoms with van der Waals surface area (Å²) in [5.41, 5.74) is 1.84. The molecule has 0 radical (unpaired) electrons. The SMILES string of the molecule is CC(C)(C)S(=O)N=Cc1nc2ccccc2[nH]1. The standard InChI is InChI=1S/C12H15N3OS/c1-12(2,3)17(16)13-8-11-14-9-6-4-5-7-10(9)15-11/h4-8H,1-3H3,(H,14,15). The quantitative estimate of drug-likeness (QED) is 0.831. The number of nitrogens with one attached hydrogen (secondary N) is 1. The zero-order valence-electron chi connectivity index (χ0n) is 10.1. The van der Waals surface area contributed by atoms with Gasteiger partial charge in [0.25, 0.3) is 0 Å². The van der Waals surface area contributed by atoms with Crippen molar-refractivity contribution in [2.75, 3.05) is 0 Å². The Balaban J connectivity index is 2.24. The zero-order valence-corrected chi connectivity index (χ0v) is 10.9. The highest BCUT2D eigenvalue weighted by Gasteiger charge is 2.18. The molecule has 0 saturated carbocycles. The lowest BCUT2D eigenvalue weighted by atomic mass is 10.3. The Kier molecular flexibility index (Phi) is 3.11. The Morgan fingerprint density at radius 3 is 2.71 bits per heavy atom. The third kappa shape index (κ3) is 2.79. The first-order chi connectivity index (χ1) is 7.97. The largest absolute Gasteiger partial charge is 0.337 e. The molecule has 2 rings (SSSR count). The second-order valence-corrected chi connectivity index (χ2v) is 6.67. The monoisotopic (exact) mass is 249 g/mol. The van der Waals surface area contributed by atoms with Crippen molar-refractivity contribution in [1.82, 2.24) is 9.97 Å². The lowest BCUT2D eigenvalue weighted by molar-refractivity contribution is 0.651. The third-order valence-corrected chi connectivity index (χ3v) is 3.55. The second kappa shape index (κ2) is 4.41. The third-order valence-electron chi connectivity index (χ3n) is 2.20. The molecule has 1 unspecified atom stereocenters. The summed E-state index contributed by atoms with van der Waals surface area (Å²) >= 11 is 0. The van der Waals surface area contributed by atoms with Crippen molar-refractivity contribution in [3.05, 3.63) is 30.1 Å². The van der Waals surface area contributed by atoms with Crippen LogP contribution in [-0.2, 0) is 11.0 Å². The zero-order chi connectivity index (χ0) is 12.5. The van der Waals surface area contributed by atoms with E-state index in [0.717, 1.165) is 11.0 Å². The molecular weight excluding hydrogens is 234 g/mol. The minimum atomic E-state index is -1.25. The van der Waals surface area contributed by atoms with Crippen molar-refractivity contribution >= 4 is 28.2 Å². The van der Waals surface area contributed by atoms with Crippen LogP contribution in [0.3, 0.4) is 0 Å². The Bertz CT molecular complexity index is 548. The summed E-state index contributed by atoms with van der Waals surface area (Å²) in [7, 11) is -1.25. The van der Waals surface area contributed by atoms with E-state index in [1.165, 1.54) is 6.21 Å². The molecule has 0 aliphatic carbocycles. The van der Waals surface area contributed by atoms with E-state index >= 15 is 0 Å². The summed E-state index contributed by atoms with van der Waals surface area (Å²) in [4.78, 5) is 7.43. The number of imidazole rings is 1. The topological polar surface area (TPSA) is 58.1 Å².